The van der Waals surface area contributed by atoms with Crippen molar-refractivity contribution in [3.63, 3.8) is 0 Å². The van der Waals surface area contributed by atoms with E-state index in [1.54, 1.807) is 48.8 Å². The first-order chi connectivity index (χ1) is 13.4. The van der Waals surface area contributed by atoms with Crippen LogP contribution in [0.5, 0.6) is 5.75 Å². The number of rotatable bonds is 6. The molecule has 146 valence electrons. The Morgan fingerprint density at radius 3 is 2.68 bits per heavy atom. The van der Waals surface area contributed by atoms with Gasteiger partial charge >= 0.3 is 0 Å². The summed E-state index contributed by atoms with van der Waals surface area (Å²) in [6.45, 7) is 0.939. The number of likely N-dealkylation sites (tertiary alicyclic amines) is 1. The Morgan fingerprint density at radius 2 is 2.04 bits per heavy atom. The SMILES string of the molecule is COc1cccc(/C(O)=C2\C(=O)C(=O)N(CCN(C)C)C2c2cccnc2)c1. The number of carbonyl (C=O) groups excluding carboxylic acids is 2. The fraction of sp³-hybridized carbons (Fsp3) is 0.286. The lowest BCUT2D eigenvalue weighted by atomic mass is 9.96. The molecule has 1 saturated heterocycles. The maximum atomic E-state index is 12.8. The van der Waals surface area contributed by atoms with E-state index in [1.165, 1.54) is 12.0 Å². The van der Waals surface area contributed by atoms with E-state index in [9.17, 15) is 14.7 Å². The first kappa shape index (κ1) is 19.6. The van der Waals surface area contributed by atoms with Gasteiger partial charge in [0.15, 0.2) is 0 Å². The lowest BCUT2D eigenvalue weighted by molar-refractivity contribution is -0.140. The fourth-order valence-corrected chi connectivity index (χ4v) is 3.23. The standard InChI is InChI=1S/C21H23N3O4/c1-23(2)10-11-24-18(15-7-5-9-22-13-15)17(20(26)21(24)27)19(25)14-6-4-8-16(12-14)28-3/h4-9,12-13,18,25H,10-11H2,1-3H3/b19-17+. The number of nitrogens with zero attached hydrogens (tertiary/aromatic N) is 3. The first-order valence-corrected chi connectivity index (χ1v) is 8.91. The summed E-state index contributed by atoms with van der Waals surface area (Å²) in [5.41, 5.74) is 1.15. The van der Waals surface area contributed by atoms with Crippen molar-refractivity contribution in [2.75, 3.05) is 34.3 Å². The van der Waals surface area contributed by atoms with Crippen molar-refractivity contribution in [2.24, 2.45) is 0 Å². The Bertz CT molecular complexity index is 909. The zero-order chi connectivity index (χ0) is 20.3. The molecule has 0 spiro atoms. The molecule has 1 unspecified atom stereocenters. The van der Waals surface area contributed by atoms with Crippen molar-refractivity contribution in [3.8, 4) is 5.75 Å². The summed E-state index contributed by atoms with van der Waals surface area (Å²) in [7, 11) is 5.31. The number of aromatic nitrogens is 1. The number of hydrogen-bond acceptors (Lipinski definition) is 6. The maximum absolute atomic E-state index is 12.8. The normalized spacial score (nSPS) is 18.7. The van der Waals surface area contributed by atoms with Crippen LogP contribution in [0.2, 0.25) is 0 Å². The van der Waals surface area contributed by atoms with Crippen LogP contribution in [-0.4, -0.2) is 65.9 Å². The molecule has 28 heavy (non-hydrogen) atoms. The number of methoxy groups -OCH3 is 1. The summed E-state index contributed by atoms with van der Waals surface area (Å²) in [5.74, 6) is -1.00. The molecule has 0 radical (unpaired) electrons. The summed E-state index contributed by atoms with van der Waals surface area (Å²) in [6, 6.07) is 9.60. The van der Waals surface area contributed by atoms with Gasteiger partial charge in [-0.15, -0.1) is 0 Å². The van der Waals surface area contributed by atoms with E-state index in [1.807, 2.05) is 19.0 Å². The molecule has 1 atom stereocenters. The number of ether oxygens (including phenoxy) is 1. The highest BCUT2D eigenvalue weighted by Crippen LogP contribution is 2.39. The van der Waals surface area contributed by atoms with Crippen molar-refractivity contribution in [3.05, 3.63) is 65.5 Å². The number of benzene rings is 1. The van der Waals surface area contributed by atoms with Crippen LogP contribution < -0.4 is 4.74 Å². The molecule has 1 aromatic heterocycles. The molecule has 1 amide bonds. The van der Waals surface area contributed by atoms with E-state index in [0.717, 1.165) is 0 Å². The van der Waals surface area contributed by atoms with Gasteiger partial charge in [-0.3, -0.25) is 14.6 Å². The highest BCUT2D eigenvalue weighted by atomic mass is 16.5. The fourth-order valence-electron chi connectivity index (χ4n) is 3.23. The molecule has 0 bridgehead atoms. The van der Waals surface area contributed by atoms with Gasteiger partial charge in [-0.25, -0.2) is 0 Å². The van der Waals surface area contributed by atoms with Gasteiger partial charge in [0.2, 0.25) is 0 Å². The van der Waals surface area contributed by atoms with Crippen molar-refractivity contribution >= 4 is 17.4 Å². The third-order valence-corrected chi connectivity index (χ3v) is 4.67. The van der Waals surface area contributed by atoms with Gasteiger partial charge in [-0.2, -0.15) is 0 Å². The second-order valence-electron chi connectivity index (χ2n) is 6.81. The lowest BCUT2D eigenvalue weighted by Crippen LogP contribution is -2.35. The summed E-state index contributed by atoms with van der Waals surface area (Å²) in [6.07, 6.45) is 3.23. The Kier molecular flexibility index (Phi) is 5.75. The number of ketones is 1. The number of amides is 1. The molecule has 1 aliphatic heterocycles. The Balaban J connectivity index is 2.13. The number of aliphatic hydroxyl groups excluding tert-OH is 1. The van der Waals surface area contributed by atoms with Crippen LogP contribution in [0.1, 0.15) is 17.2 Å². The average Bonchev–Trinajstić information content (AvgIpc) is 2.97. The predicted octanol–water partition coefficient (Wildman–Crippen LogP) is 2.07. The highest BCUT2D eigenvalue weighted by Gasteiger charge is 2.46. The third kappa shape index (κ3) is 3.75. The minimum Gasteiger partial charge on any atom is -0.507 e. The molecule has 1 N–H and O–H groups in total. The second kappa shape index (κ2) is 8.22. The second-order valence-corrected chi connectivity index (χ2v) is 6.81. The van der Waals surface area contributed by atoms with Crippen LogP contribution in [0.4, 0.5) is 0 Å². The smallest absolute Gasteiger partial charge is 0.295 e. The quantitative estimate of drug-likeness (QED) is 0.469. The molecule has 0 aliphatic carbocycles. The monoisotopic (exact) mass is 381 g/mol. The van der Waals surface area contributed by atoms with Crippen molar-refractivity contribution < 1.29 is 19.4 Å². The van der Waals surface area contributed by atoms with Gasteiger partial charge < -0.3 is 19.6 Å². The van der Waals surface area contributed by atoms with Crippen molar-refractivity contribution in [1.29, 1.82) is 0 Å². The number of aliphatic hydroxyl groups is 1. The molecule has 3 rings (SSSR count). The molecule has 1 aliphatic rings. The number of Topliss-reactive ketones (excluding diaryl/α,β-unsaturated/α-hetero) is 1. The van der Waals surface area contributed by atoms with E-state index in [-0.39, 0.29) is 11.3 Å². The minimum atomic E-state index is -0.701. The Morgan fingerprint density at radius 1 is 1.25 bits per heavy atom. The van der Waals surface area contributed by atoms with Crippen LogP contribution in [0.3, 0.4) is 0 Å². The predicted molar refractivity (Wildman–Crippen MR) is 105 cm³/mol. The van der Waals surface area contributed by atoms with Gasteiger partial charge in [0.1, 0.15) is 11.5 Å². The number of hydrogen-bond donors (Lipinski definition) is 1. The topological polar surface area (TPSA) is 83.0 Å². The van der Waals surface area contributed by atoms with E-state index >= 15 is 0 Å². The van der Waals surface area contributed by atoms with Crippen molar-refractivity contribution in [1.82, 2.24) is 14.8 Å². The molecule has 2 heterocycles. The van der Waals surface area contributed by atoms with Crippen LogP contribution in [-0.2, 0) is 9.59 Å². The van der Waals surface area contributed by atoms with E-state index in [4.69, 9.17) is 4.74 Å². The molecular weight excluding hydrogens is 358 g/mol. The molecule has 0 saturated carbocycles. The van der Waals surface area contributed by atoms with Crippen LogP contribution >= 0.6 is 0 Å². The molecule has 1 fully saturated rings. The first-order valence-electron chi connectivity index (χ1n) is 8.91. The molecule has 1 aromatic carbocycles. The van der Waals surface area contributed by atoms with Crippen LogP contribution in [0.15, 0.2) is 54.4 Å². The molecule has 7 heteroatoms. The number of pyridine rings is 1. The number of carbonyl (C=O) groups is 2. The molecule has 2 aromatic rings. The van der Waals surface area contributed by atoms with E-state index in [2.05, 4.69) is 4.98 Å². The molecular formula is C21H23N3O4. The average molecular weight is 381 g/mol. The largest absolute Gasteiger partial charge is 0.507 e. The number of likely N-dealkylation sites (N-methyl/N-ethyl adjacent to an activating group) is 1. The van der Waals surface area contributed by atoms with Crippen molar-refractivity contribution in [2.45, 2.75) is 6.04 Å². The van der Waals surface area contributed by atoms with Gasteiger partial charge in [-0.05, 0) is 37.9 Å². The molecule has 7 nitrogen and oxygen atoms in total. The van der Waals surface area contributed by atoms with Gasteiger partial charge in [-0.1, -0.05) is 18.2 Å². The van der Waals surface area contributed by atoms with E-state index in [0.29, 0.717) is 30.0 Å². The van der Waals surface area contributed by atoms with Crippen LogP contribution in [0, 0.1) is 0 Å². The Labute approximate surface area is 163 Å². The summed E-state index contributed by atoms with van der Waals surface area (Å²) in [4.78, 5) is 33.1. The summed E-state index contributed by atoms with van der Waals surface area (Å²) >= 11 is 0. The summed E-state index contributed by atoms with van der Waals surface area (Å²) in [5, 5.41) is 10.9. The zero-order valence-corrected chi connectivity index (χ0v) is 16.1. The maximum Gasteiger partial charge on any atom is 0.295 e. The minimum absolute atomic E-state index is 0.0602. The third-order valence-electron chi connectivity index (χ3n) is 4.67. The Hall–Kier alpha value is -3.19. The van der Waals surface area contributed by atoms with Gasteiger partial charge in [0, 0.05) is 31.0 Å². The highest BCUT2D eigenvalue weighted by molar-refractivity contribution is 6.46. The summed E-state index contributed by atoms with van der Waals surface area (Å²) < 4.78 is 5.20. The van der Waals surface area contributed by atoms with Crippen LogP contribution in [0.25, 0.3) is 5.76 Å². The lowest BCUT2D eigenvalue weighted by Gasteiger charge is -2.26. The zero-order valence-electron chi connectivity index (χ0n) is 16.1. The van der Waals surface area contributed by atoms with E-state index < -0.39 is 17.7 Å². The van der Waals surface area contributed by atoms with Gasteiger partial charge in [0.25, 0.3) is 11.7 Å². The van der Waals surface area contributed by atoms with Gasteiger partial charge in [0.05, 0.1) is 18.7 Å².